The highest BCUT2D eigenvalue weighted by Crippen LogP contribution is 2.33. The molecule has 1 aromatic heterocycles. The Balaban J connectivity index is 2.62. The largest absolute Gasteiger partial charge is 0.411 e. The molecule has 0 bridgehead atoms. The summed E-state index contributed by atoms with van der Waals surface area (Å²) in [5, 5.41) is 13.3. The average molecular weight is 247 g/mol. The lowest BCUT2D eigenvalue weighted by atomic mass is 9.98. The van der Waals surface area contributed by atoms with E-state index in [-0.39, 0.29) is 4.90 Å². The van der Waals surface area contributed by atoms with Gasteiger partial charge in [-0.15, -0.1) is 11.3 Å². The molecule has 1 aliphatic rings. The highest BCUT2D eigenvalue weighted by atomic mass is 32.2. The van der Waals surface area contributed by atoms with Crippen LogP contribution in [0.25, 0.3) is 0 Å². The zero-order valence-electron chi connectivity index (χ0n) is 7.67. The van der Waals surface area contributed by atoms with Crippen LogP contribution in [-0.4, -0.2) is 23.9 Å². The molecule has 0 saturated carbocycles. The van der Waals surface area contributed by atoms with Crippen LogP contribution in [0, 0.1) is 0 Å². The third kappa shape index (κ3) is 1.77. The fourth-order valence-electron chi connectivity index (χ4n) is 1.70. The van der Waals surface area contributed by atoms with Gasteiger partial charge in [-0.2, -0.15) is 8.42 Å². The summed E-state index contributed by atoms with van der Waals surface area (Å²) in [4.78, 5) is 0.611. The molecule has 82 valence electrons. The van der Waals surface area contributed by atoms with Gasteiger partial charge >= 0.3 is 0 Å². The summed E-state index contributed by atoms with van der Waals surface area (Å²) in [7, 11) is -4.16. The first-order valence-corrected chi connectivity index (χ1v) is 6.65. The van der Waals surface area contributed by atoms with Crippen molar-refractivity contribution in [1.29, 1.82) is 0 Å². The molecule has 5 nitrogen and oxygen atoms in total. The normalized spacial score (nSPS) is 19.1. The summed E-state index contributed by atoms with van der Waals surface area (Å²) >= 11 is 1.18. The van der Waals surface area contributed by atoms with Crippen LogP contribution in [0.15, 0.2) is 15.4 Å². The number of thiophene rings is 1. The molecule has 7 heteroatoms. The lowest BCUT2D eigenvalue weighted by Gasteiger charge is -2.12. The van der Waals surface area contributed by atoms with Gasteiger partial charge in [-0.1, -0.05) is 5.16 Å². The van der Waals surface area contributed by atoms with Gasteiger partial charge in [-0.25, -0.2) is 0 Å². The fourth-order valence-corrected chi connectivity index (χ4v) is 3.91. The van der Waals surface area contributed by atoms with Gasteiger partial charge in [0.2, 0.25) is 0 Å². The van der Waals surface area contributed by atoms with Crippen molar-refractivity contribution >= 4 is 27.2 Å². The number of nitrogens with zero attached hydrogens (tertiary/aromatic N) is 1. The Morgan fingerprint density at radius 1 is 1.40 bits per heavy atom. The maximum Gasteiger partial charge on any atom is 0.295 e. The van der Waals surface area contributed by atoms with Crippen LogP contribution in [0.3, 0.4) is 0 Å². The van der Waals surface area contributed by atoms with Gasteiger partial charge in [-0.3, -0.25) is 4.55 Å². The SMILES string of the molecule is O=S(=O)(O)c1csc2c1CCCC2=NO. The van der Waals surface area contributed by atoms with Crippen molar-refractivity contribution in [3.8, 4) is 0 Å². The molecule has 1 aromatic rings. The van der Waals surface area contributed by atoms with Crippen molar-refractivity contribution in [2.24, 2.45) is 5.16 Å². The van der Waals surface area contributed by atoms with E-state index in [1.165, 1.54) is 16.7 Å². The Kier molecular flexibility index (Phi) is 2.53. The summed E-state index contributed by atoms with van der Waals surface area (Å²) in [5.41, 5.74) is 1.07. The molecule has 2 N–H and O–H groups in total. The third-order valence-electron chi connectivity index (χ3n) is 2.36. The van der Waals surface area contributed by atoms with Crippen LogP contribution in [0.4, 0.5) is 0 Å². The molecule has 0 radical (unpaired) electrons. The molecule has 0 spiro atoms. The first-order chi connectivity index (χ1) is 7.04. The number of oxime groups is 1. The van der Waals surface area contributed by atoms with Gasteiger partial charge in [0.25, 0.3) is 10.1 Å². The van der Waals surface area contributed by atoms with Crippen molar-refractivity contribution in [3.05, 3.63) is 15.8 Å². The molecule has 0 aliphatic heterocycles. The summed E-state index contributed by atoms with van der Waals surface area (Å²) in [6, 6.07) is 0. The maximum absolute atomic E-state index is 11.0. The van der Waals surface area contributed by atoms with Gasteiger partial charge in [0.15, 0.2) is 0 Å². The zero-order chi connectivity index (χ0) is 11.1. The smallest absolute Gasteiger partial charge is 0.295 e. The highest BCUT2D eigenvalue weighted by Gasteiger charge is 2.26. The minimum atomic E-state index is -4.16. The molecule has 2 rings (SSSR count). The van der Waals surface area contributed by atoms with Crippen molar-refractivity contribution in [2.75, 3.05) is 0 Å². The monoisotopic (exact) mass is 247 g/mol. The van der Waals surface area contributed by atoms with E-state index in [1.807, 2.05) is 0 Å². The lowest BCUT2D eigenvalue weighted by Crippen LogP contribution is -2.11. The molecule has 0 amide bonds. The second-order valence-electron chi connectivity index (χ2n) is 3.28. The van der Waals surface area contributed by atoms with Crippen molar-refractivity contribution < 1.29 is 18.2 Å². The summed E-state index contributed by atoms with van der Waals surface area (Å²) in [6.45, 7) is 0. The van der Waals surface area contributed by atoms with Crippen molar-refractivity contribution in [3.63, 3.8) is 0 Å². The predicted octanol–water partition coefficient (Wildman–Crippen LogP) is 1.51. The maximum atomic E-state index is 11.0. The van der Waals surface area contributed by atoms with Gasteiger partial charge < -0.3 is 5.21 Å². The van der Waals surface area contributed by atoms with Crippen LogP contribution >= 0.6 is 11.3 Å². The van der Waals surface area contributed by atoms with E-state index < -0.39 is 10.1 Å². The Morgan fingerprint density at radius 2 is 2.13 bits per heavy atom. The topological polar surface area (TPSA) is 87.0 Å². The van der Waals surface area contributed by atoms with E-state index in [9.17, 15) is 8.42 Å². The van der Waals surface area contributed by atoms with Gasteiger partial charge in [0.1, 0.15) is 4.90 Å². The molecule has 15 heavy (non-hydrogen) atoms. The molecule has 0 aromatic carbocycles. The van der Waals surface area contributed by atoms with Crippen molar-refractivity contribution in [1.82, 2.24) is 0 Å². The Bertz CT molecular complexity index is 515. The lowest BCUT2D eigenvalue weighted by molar-refractivity contribution is 0.317. The average Bonchev–Trinajstić information content (AvgIpc) is 2.59. The number of fused-ring (bicyclic) bond motifs is 1. The molecular weight excluding hydrogens is 238 g/mol. The van der Waals surface area contributed by atoms with E-state index in [0.717, 1.165) is 6.42 Å². The van der Waals surface area contributed by atoms with E-state index in [2.05, 4.69) is 5.16 Å². The molecular formula is C8H9NO4S2. The van der Waals surface area contributed by atoms with Crippen LogP contribution < -0.4 is 0 Å². The standard InChI is InChI=1S/C8H9NO4S2/c10-9-6-3-1-2-5-7(15(11,12)13)4-14-8(5)6/h4,10H,1-3H2,(H,11,12,13). The first-order valence-electron chi connectivity index (χ1n) is 4.33. The second-order valence-corrected chi connectivity index (χ2v) is 5.55. The van der Waals surface area contributed by atoms with E-state index in [0.29, 0.717) is 29.0 Å². The summed E-state index contributed by atoms with van der Waals surface area (Å²) in [5.74, 6) is 0. The fraction of sp³-hybridized carbons (Fsp3) is 0.375. The van der Waals surface area contributed by atoms with Crippen LogP contribution in [-0.2, 0) is 16.5 Å². The molecule has 0 fully saturated rings. The van der Waals surface area contributed by atoms with Gasteiger partial charge in [-0.05, 0) is 24.8 Å². The Hall–Kier alpha value is -0.920. The third-order valence-corrected chi connectivity index (χ3v) is 4.50. The van der Waals surface area contributed by atoms with Crippen LogP contribution in [0.5, 0.6) is 0 Å². The van der Waals surface area contributed by atoms with Crippen LogP contribution in [0.2, 0.25) is 0 Å². The number of hydrogen-bond acceptors (Lipinski definition) is 5. The molecule has 0 unspecified atom stereocenters. The van der Waals surface area contributed by atoms with Gasteiger partial charge in [0.05, 0.1) is 10.6 Å². The number of hydrogen-bond donors (Lipinski definition) is 2. The zero-order valence-corrected chi connectivity index (χ0v) is 9.31. The Morgan fingerprint density at radius 3 is 2.73 bits per heavy atom. The highest BCUT2D eigenvalue weighted by molar-refractivity contribution is 7.86. The summed E-state index contributed by atoms with van der Waals surface area (Å²) in [6.07, 6.45) is 1.95. The molecule has 0 atom stereocenters. The predicted molar refractivity (Wildman–Crippen MR) is 55.4 cm³/mol. The summed E-state index contributed by atoms with van der Waals surface area (Å²) < 4.78 is 31.0. The minimum absolute atomic E-state index is 0.0525. The molecule has 1 aliphatic carbocycles. The van der Waals surface area contributed by atoms with Crippen molar-refractivity contribution in [2.45, 2.75) is 24.2 Å². The van der Waals surface area contributed by atoms with E-state index in [1.54, 1.807) is 0 Å². The van der Waals surface area contributed by atoms with Crippen LogP contribution in [0.1, 0.15) is 23.3 Å². The van der Waals surface area contributed by atoms with E-state index >= 15 is 0 Å². The molecule has 1 heterocycles. The quantitative estimate of drug-likeness (QED) is 0.447. The second kappa shape index (κ2) is 3.58. The van der Waals surface area contributed by atoms with E-state index in [4.69, 9.17) is 9.76 Å². The Labute approximate surface area is 90.8 Å². The number of rotatable bonds is 1. The molecule has 0 saturated heterocycles. The minimum Gasteiger partial charge on any atom is -0.411 e. The first kappa shape index (κ1) is 10.6. The van der Waals surface area contributed by atoms with Gasteiger partial charge in [0, 0.05) is 5.38 Å².